The third-order valence-corrected chi connectivity index (χ3v) is 16.5. The number of aliphatic hydroxyl groups excluding tert-OH is 1. The molecule has 0 spiro atoms. The maximum atomic E-state index is 13.6. The van der Waals surface area contributed by atoms with E-state index in [2.05, 4.69) is 94.8 Å². The highest BCUT2D eigenvalue weighted by Crippen LogP contribution is 2.42. The number of primary amides is 1. The van der Waals surface area contributed by atoms with Crippen LogP contribution in [0.3, 0.4) is 0 Å². The molecule has 2 amide bonds. The molecule has 2 unspecified atom stereocenters. The summed E-state index contributed by atoms with van der Waals surface area (Å²) < 4.78 is 24.6. The molecular formula is C55H66N12O8S. The number of nitrogens with two attached hydrogens (primary N) is 1. The van der Waals surface area contributed by atoms with Gasteiger partial charge < -0.3 is 54.7 Å². The largest absolute Gasteiger partial charge is 0.507 e. The molecule has 4 saturated heterocycles. The predicted molar refractivity (Wildman–Crippen MR) is 285 cm³/mol. The van der Waals surface area contributed by atoms with Gasteiger partial charge in [0.25, 0.3) is 5.88 Å². The number of carbonyl (C=O) groups is 2. The average molecular weight is 1060 g/mol. The minimum absolute atomic E-state index is 0.0451. The van der Waals surface area contributed by atoms with Crippen molar-refractivity contribution in [3.8, 4) is 39.3 Å². The van der Waals surface area contributed by atoms with Crippen LogP contribution in [-0.4, -0.2) is 151 Å². The predicted octanol–water partition coefficient (Wildman–Crippen LogP) is 6.44. The van der Waals surface area contributed by atoms with E-state index >= 15 is 0 Å². The molecule has 0 radical (unpaired) electrons. The number of piperidine rings is 1. The van der Waals surface area contributed by atoms with Gasteiger partial charge in [0.1, 0.15) is 40.9 Å². The van der Waals surface area contributed by atoms with Gasteiger partial charge >= 0.3 is 0 Å². The summed E-state index contributed by atoms with van der Waals surface area (Å²) in [5.74, 6) is 0.323. The Labute approximate surface area is 445 Å². The first-order valence-electron chi connectivity index (χ1n) is 26.6. The number of β-amino-alcohol motifs (C(OH)–C–C–N with tert-alkyl or cyclic N) is 1. The van der Waals surface area contributed by atoms with E-state index in [0.717, 1.165) is 92.2 Å². The second kappa shape index (κ2) is 22.3. The number of para-hydroxylation sites is 1. The van der Waals surface area contributed by atoms with Gasteiger partial charge in [-0.05, 0) is 73.5 Å². The lowest BCUT2D eigenvalue weighted by Gasteiger charge is -2.44. The molecule has 20 nitrogen and oxygen atoms in total. The fraction of sp³-hybridized carbons (Fsp3) is 0.491. The summed E-state index contributed by atoms with van der Waals surface area (Å²) >= 11 is 1.51. The van der Waals surface area contributed by atoms with Crippen molar-refractivity contribution < 1.29 is 38.5 Å². The number of phenols is 1. The number of nitrogens with one attached hydrogen (secondary N) is 1. The molecule has 5 fully saturated rings. The number of pyridine rings is 1. The number of amides is 2. The smallest absolute Gasteiger partial charge is 0.254 e. The topological polar surface area (TPSA) is 244 Å². The van der Waals surface area contributed by atoms with Gasteiger partial charge in [-0.2, -0.15) is 0 Å². The highest BCUT2D eigenvalue weighted by atomic mass is 32.1. The summed E-state index contributed by atoms with van der Waals surface area (Å²) in [6, 6.07) is 23.1. The van der Waals surface area contributed by atoms with Gasteiger partial charge in [-0.1, -0.05) is 61.6 Å². The molecule has 4 aromatic heterocycles. The maximum absolute atomic E-state index is 13.6. The standard InChI is InChI=1S/C55H66N12O8S/c1-32(2)51(55(71)66-30-39(68)23-45(66)52(56)70)48-27-50(63-75-48)72-21-20-64-18-15-40(16-19-64)73-41-24-42(25-41)74-49-22-36(14-17-57-49)67-37-12-13-38(67)29-65(28-37)46-26-44(43-6-4-5-7-47(43)69)60-61-53(46)59-33(3)34-8-10-35(11-9-34)54-62-58-31-76-54/h4-11,14,17,22,26-27,31-33,37-42,45,51,68-69H,12-13,15-16,18-21,23-25,28-30H2,1-3H3,(H2,56,70)(H,59,61)/t33-,37+,38+,39?,41?,42?,45?,51+/m0/s1. The monoisotopic (exact) mass is 1050 g/mol. The number of aromatic nitrogens is 6. The average Bonchev–Trinajstić information content (AvgIpc) is 4.24. The fourth-order valence-corrected chi connectivity index (χ4v) is 12.2. The molecule has 6 atom stereocenters. The molecular weight excluding hydrogens is 989 g/mol. The van der Waals surface area contributed by atoms with E-state index in [1.54, 1.807) is 17.6 Å². The molecule has 6 aromatic rings. The Hall–Kier alpha value is -6.94. The van der Waals surface area contributed by atoms with Gasteiger partial charge in [0, 0.05) is 106 Å². The minimum Gasteiger partial charge on any atom is -0.507 e. The van der Waals surface area contributed by atoms with E-state index in [1.165, 1.54) is 16.2 Å². The number of fused-ring (bicyclic) bond motifs is 2. The normalized spacial score (nSPS) is 23.6. The first-order chi connectivity index (χ1) is 36.9. The minimum atomic E-state index is -0.855. The van der Waals surface area contributed by atoms with Gasteiger partial charge in [0.15, 0.2) is 11.6 Å². The van der Waals surface area contributed by atoms with Crippen LogP contribution in [0.2, 0.25) is 0 Å². The number of ether oxygens (including phenoxy) is 3. The third kappa shape index (κ3) is 11.1. The van der Waals surface area contributed by atoms with E-state index in [1.807, 2.05) is 38.2 Å². The zero-order valence-corrected chi connectivity index (χ0v) is 43.9. The van der Waals surface area contributed by atoms with Crippen LogP contribution in [0.5, 0.6) is 17.5 Å². The molecule has 2 aromatic carbocycles. The number of likely N-dealkylation sites (tertiary alicyclic amines) is 2. The molecule has 4 aliphatic heterocycles. The summed E-state index contributed by atoms with van der Waals surface area (Å²) in [5.41, 5.74) is 12.7. The molecule has 2 bridgehead atoms. The highest BCUT2D eigenvalue weighted by Gasteiger charge is 2.44. The number of phenolic OH excluding ortho intramolecular Hbond substituents is 1. The Morgan fingerprint density at radius 1 is 0.882 bits per heavy atom. The van der Waals surface area contributed by atoms with Crippen LogP contribution in [0.4, 0.5) is 17.2 Å². The molecule has 1 saturated carbocycles. The van der Waals surface area contributed by atoms with Crippen LogP contribution in [-0.2, 0) is 14.3 Å². The van der Waals surface area contributed by atoms with Gasteiger partial charge in [0.05, 0.1) is 35.7 Å². The SMILES string of the molecule is CC(C)[C@@H](C(=O)N1CC(O)CC1C(N)=O)c1cc(OCCN2CCC(OC3CC(Oc4cc(N5[C@@H]6CC[C@@H]5CN(c5cc(-c7ccccc7O)nnc5N[C@@H](C)c5ccc(-c7nncs7)cc5)C6)ccn4)C3)CC2)no1. The van der Waals surface area contributed by atoms with Crippen molar-refractivity contribution >= 4 is 40.3 Å². The van der Waals surface area contributed by atoms with Crippen molar-refractivity contribution in [1.82, 2.24) is 40.3 Å². The van der Waals surface area contributed by atoms with Crippen LogP contribution in [0.25, 0.3) is 21.8 Å². The van der Waals surface area contributed by atoms with E-state index in [0.29, 0.717) is 47.7 Å². The van der Waals surface area contributed by atoms with Crippen molar-refractivity contribution in [3.05, 3.63) is 95.8 Å². The second-order valence-electron chi connectivity index (χ2n) is 21.2. The van der Waals surface area contributed by atoms with E-state index in [-0.39, 0.29) is 67.0 Å². The van der Waals surface area contributed by atoms with Crippen molar-refractivity contribution in [2.75, 3.05) is 61.0 Å². The lowest BCUT2D eigenvalue weighted by Crippen LogP contribution is -2.54. The summed E-state index contributed by atoms with van der Waals surface area (Å²) in [7, 11) is 0. The van der Waals surface area contributed by atoms with Crippen LogP contribution in [0.1, 0.15) is 89.0 Å². The molecule has 21 heteroatoms. The Morgan fingerprint density at radius 3 is 2.38 bits per heavy atom. The quantitative estimate of drug-likeness (QED) is 0.0682. The molecule has 1 aliphatic carbocycles. The van der Waals surface area contributed by atoms with Crippen molar-refractivity contribution in [2.45, 2.75) is 120 Å². The maximum Gasteiger partial charge on any atom is 0.254 e. The van der Waals surface area contributed by atoms with Gasteiger partial charge in [-0.3, -0.25) is 14.5 Å². The lowest BCUT2D eigenvalue weighted by molar-refractivity contribution is -0.139. The van der Waals surface area contributed by atoms with Crippen LogP contribution in [0.15, 0.2) is 89.0 Å². The van der Waals surface area contributed by atoms with Crippen LogP contribution < -0.4 is 30.3 Å². The number of benzene rings is 2. The first-order valence-corrected chi connectivity index (χ1v) is 27.5. The van der Waals surface area contributed by atoms with E-state index in [9.17, 15) is 19.8 Å². The van der Waals surface area contributed by atoms with Crippen molar-refractivity contribution in [3.63, 3.8) is 0 Å². The van der Waals surface area contributed by atoms with Crippen LogP contribution in [0, 0.1) is 5.92 Å². The molecule has 8 heterocycles. The first kappa shape index (κ1) is 51.2. The van der Waals surface area contributed by atoms with Gasteiger partial charge in [0.2, 0.25) is 17.7 Å². The number of hydrogen-bond acceptors (Lipinski definition) is 19. The van der Waals surface area contributed by atoms with Crippen molar-refractivity contribution in [1.29, 1.82) is 0 Å². The number of piperazine rings is 1. The lowest BCUT2D eigenvalue weighted by atomic mass is 9.91. The fourth-order valence-electron chi connectivity index (χ4n) is 11.6. The second-order valence-corrected chi connectivity index (χ2v) is 22.0. The summed E-state index contributed by atoms with van der Waals surface area (Å²) in [4.78, 5) is 38.9. The summed E-state index contributed by atoms with van der Waals surface area (Å²) in [6.45, 7) is 10.4. The number of nitrogens with zero attached hydrogens (tertiary/aromatic N) is 10. The molecule has 400 valence electrons. The molecule has 76 heavy (non-hydrogen) atoms. The molecule has 5 N–H and O–H groups in total. The third-order valence-electron chi connectivity index (χ3n) is 15.7. The van der Waals surface area contributed by atoms with E-state index < -0.39 is 24.0 Å². The Morgan fingerprint density at radius 2 is 1.66 bits per heavy atom. The van der Waals surface area contributed by atoms with Gasteiger partial charge in [-0.25, -0.2) is 4.98 Å². The molecule has 11 rings (SSSR count). The zero-order chi connectivity index (χ0) is 52.5. The Kier molecular flexibility index (Phi) is 15.0. The highest BCUT2D eigenvalue weighted by molar-refractivity contribution is 7.12. The van der Waals surface area contributed by atoms with Crippen molar-refractivity contribution in [2.24, 2.45) is 11.7 Å². The number of hydrogen-bond donors (Lipinski definition) is 4. The Bertz CT molecular complexity index is 2940. The summed E-state index contributed by atoms with van der Waals surface area (Å²) in [6.07, 6.45) is 7.19. The number of carbonyl (C=O) groups excluding carboxylic acids is 2. The number of aliphatic hydroxyl groups is 1. The number of rotatable bonds is 19. The van der Waals surface area contributed by atoms with Gasteiger partial charge in [-0.15, -0.1) is 20.4 Å². The zero-order valence-electron chi connectivity index (χ0n) is 43.1. The van der Waals surface area contributed by atoms with Crippen LogP contribution >= 0.6 is 11.3 Å². The number of aromatic hydroxyl groups is 1. The summed E-state index contributed by atoms with van der Waals surface area (Å²) in [5, 5.41) is 47.2. The van der Waals surface area contributed by atoms with E-state index in [4.69, 9.17) is 29.6 Å². The Balaban J connectivity index is 0.646. The molecule has 5 aliphatic rings. The number of anilines is 3.